The maximum atomic E-state index is 16.2. The van der Waals surface area contributed by atoms with E-state index in [9.17, 15) is 29.1 Å². The number of aromatic nitrogens is 1. The molecular weight excluding hydrogens is 752 g/mol. The molecule has 1 unspecified atom stereocenters. The van der Waals surface area contributed by atoms with E-state index in [2.05, 4.69) is 29.5 Å². The molecule has 3 aliphatic carbocycles. The highest BCUT2D eigenvalue weighted by molar-refractivity contribution is 6.48. The van der Waals surface area contributed by atoms with Crippen molar-refractivity contribution in [3.05, 3.63) is 89.0 Å². The number of halogens is 1. The van der Waals surface area contributed by atoms with E-state index in [4.69, 9.17) is 18.8 Å². The summed E-state index contributed by atoms with van der Waals surface area (Å²) in [7, 11) is 0.280. The topological polar surface area (TPSA) is 186 Å². The molecular formula is C41H47BFN5O10. The van der Waals surface area contributed by atoms with Crippen molar-refractivity contribution in [3.8, 4) is 11.5 Å². The normalized spacial score (nSPS) is 24.3. The fraction of sp³-hybridized carbons (Fsp3) is 0.463. The summed E-state index contributed by atoms with van der Waals surface area (Å²) in [6, 6.07) is 11.9. The Labute approximate surface area is 335 Å². The number of imide groups is 1. The number of carbonyl (C=O) groups is 5. The number of hydrogen-bond acceptors (Lipinski definition) is 10. The van der Waals surface area contributed by atoms with E-state index < -0.39 is 65.9 Å². The van der Waals surface area contributed by atoms with E-state index in [1.165, 1.54) is 24.3 Å². The molecule has 3 N–H and O–H groups in total. The van der Waals surface area contributed by atoms with Crippen LogP contribution in [0.5, 0.6) is 11.5 Å². The van der Waals surface area contributed by atoms with Crippen LogP contribution in [-0.2, 0) is 36.7 Å². The summed E-state index contributed by atoms with van der Waals surface area (Å²) in [5.41, 5.74) is -0.0429. The number of methoxy groups -OCH3 is 1. The number of ether oxygens (including phenoxy) is 2. The second-order valence-electron chi connectivity index (χ2n) is 16.1. The molecule has 58 heavy (non-hydrogen) atoms. The van der Waals surface area contributed by atoms with Crippen LogP contribution < -0.4 is 20.1 Å². The van der Waals surface area contributed by atoms with Crippen molar-refractivity contribution in [2.24, 2.45) is 17.3 Å². The van der Waals surface area contributed by atoms with Gasteiger partial charge in [-0.25, -0.2) is 14.0 Å². The minimum atomic E-state index is -1.84. The largest absolute Gasteiger partial charge is 0.496 e. The number of benzene rings is 2. The number of para-hydroxylation sites is 1. The number of pyridine rings is 1. The number of hydrogen-bond donors (Lipinski definition) is 3. The van der Waals surface area contributed by atoms with Crippen molar-refractivity contribution in [3.63, 3.8) is 0 Å². The van der Waals surface area contributed by atoms with Gasteiger partial charge in [0.15, 0.2) is 11.9 Å². The van der Waals surface area contributed by atoms with Crippen molar-refractivity contribution >= 4 is 36.8 Å². The molecule has 6 atom stereocenters. The minimum absolute atomic E-state index is 0.0111. The number of nitrogens with one attached hydrogen (secondary N) is 2. The maximum absolute atomic E-state index is 16.2. The zero-order chi connectivity index (χ0) is 41.5. The summed E-state index contributed by atoms with van der Waals surface area (Å²) >= 11 is 0. The summed E-state index contributed by atoms with van der Waals surface area (Å²) in [6.45, 7) is 8.36. The van der Waals surface area contributed by atoms with E-state index in [0.717, 1.165) is 24.5 Å². The Balaban J connectivity index is 1.21. The van der Waals surface area contributed by atoms with Crippen molar-refractivity contribution in [2.45, 2.75) is 77.3 Å². The van der Waals surface area contributed by atoms with Gasteiger partial charge in [0.25, 0.3) is 0 Å². The number of nitrogens with zero attached hydrogens (tertiary/aromatic N) is 3. The third kappa shape index (κ3) is 7.60. The smallest absolute Gasteiger partial charge is 0.482 e. The van der Waals surface area contributed by atoms with Crippen LogP contribution in [0, 0.1) is 23.1 Å². The second kappa shape index (κ2) is 16.0. The van der Waals surface area contributed by atoms with Gasteiger partial charge in [-0.15, -0.1) is 0 Å². The van der Waals surface area contributed by atoms with Crippen LogP contribution in [0.4, 0.5) is 9.18 Å². The standard InChI is InChI=1S/C41H47BFN5O10/c1-6-47-15-16-48(37(51)36(47)50)39(54)46-32(31-29(43)19-26(21-44-31)56-22-23-11-8-7-9-12-23)35(49)45-30(17-24-13-10-14-27(38(52)53)33(24)55-5)42-57-34-28-18-25(40(28,2)3)20-41(34,4)58-42/h7-14,19,21,25,28,30,32,34H,6,15-18,20,22H2,1-5H3,(H,45,49)(H,46,54)(H,52,53)/t25-,28+,30+,32?,34-,41+/m1/s1. The SMILES string of the molecule is CCN1CCN(C(=O)NC(C(=O)N[C@@H](Cc2cccc(C(=O)O)c2OC)B2O[C@@H]3[C@@H]4C[C@H](C[C@]3(C)O2)C4(C)C)c2ncc(OCc3ccccc3)cc2F)C(=O)C1=O. The fourth-order valence-electron chi connectivity index (χ4n) is 8.88. The average molecular weight is 800 g/mol. The zero-order valence-electron chi connectivity index (χ0n) is 33.0. The summed E-state index contributed by atoms with van der Waals surface area (Å²) in [5.74, 6) is -5.48. The summed E-state index contributed by atoms with van der Waals surface area (Å²) in [6.07, 6.45) is 2.53. The van der Waals surface area contributed by atoms with E-state index in [1.807, 2.05) is 37.3 Å². The van der Waals surface area contributed by atoms with Crippen LogP contribution >= 0.6 is 0 Å². The van der Waals surface area contributed by atoms with Gasteiger partial charge in [-0.2, -0.15) is 0 Å². The zero-order valence-corrected chi connectivity index (χ0v) is 33.0. The van der Waals surface area contributed by atoms with Crippen LogP contribution in [0.25, 0.3) is 0 Å². The lowest BCUT2D eigenvalue weighted by Crippen LogP contribution is -2.63. The van der Waals surface area contributed by atoms with Crippen molar-refractivity contribution in [2.75, 3.05) is 26.7 Å². The summed E-state index contributed by atoms with van der Waals surface area (Å²) in [5, 5.41) is 15.3. The predicted molar refractivity (Wildman–Crippen MR) is 206 cm³/mol. The van der Waals surface area contributed by atoms with Gasteiger partial charge >= 0.3 is 30.9 Å². The number of carbonyl (C=O) groups excluding carboxylic acids is 4. The number of aromatic carboxylic acids is 1. The van der Waals surface area contributed by atoms with E-state index >= 15 is 4.39 Å². The first-order valence-electron chi connectivity index (χ1n) is 19.4. The van der Waals surface area contributed by atoms with Crippen LogP contribution in [0.1, 0.15) is 73.8 Å². The van der Waals surface area contributed by atoms with Gasteiger partial charge in [-0.1, -0.05) is 56.3 Å². The molecule has 17 heteroatoms. The Morgan fingerprint density at radius 1 is 1.07 bits per heavy atom. The van der Waals surface area contributed by atoms with E-state index in [0.29, 0.717) is 16.4 Å². The molecule has 5 amide bonds. The first-order chi connectivity index (χ1) is 27.6. The van der Waals surface area contributed by atoms with Crippen molar-refractivity contribution in [1.82, 2.24) is 25.4 Å². The maximum Gasteiger partial charge on any atom is 0.482 e. The summed E-state index contributed by atoms with van der Waals surface area (Å²) in [4.78, 5) is 72.5. The third-order valence-electron chi connectivity index (χ3n) is 12.3. The quantitative estimate of drug-likeness (QED) is 0.168. The number of rotatable bonds is 13. The number of urea groups is 1. The molecule has 306 valence electrons. The lowest BCUT2D eigenvalue weighted by Gasteiger charge is -2.63. The monoisotopic (exact) mass is 799 g/mol. The van der Waals surface area contributed by atoms with Crippen molar-refractivity contribution < 1.29 is 52.3 Å². The number of likely N-dealkylation sites (N-methyl/N-ethyl adjacent to an activating group) is 1. The van der Waals surface area contributed by atoms with Gasteiger partial charge in [-0.3, -0.25) is 24.3 Å². The first kappa shape index (κ1) is 40.6. The minimum Gasteiger partial charge on any atom is -0.496 e. The second-order valence-corrected chi connectivity index (χ2v) is 16.1. The molecule has 2 aromatic carbocycles. The molecule has 2 saturated heterocycles. The predicted octanol–water partition coefficient (Wildman–Crippen LogP) is 3.94. The molecule has 2 bridgehead atoms. The van der Waals surface area contributed by atoms with Crippen LogP contribution in [-0.4, -0.2) is 101 Å². The average Bonchev–Trinajstić information content (AvgIpc) is 3.57. The molecule has 3 aromatic rings. The molecule has 0 spiro atoms. The number of carboxylic acids is 1. The molecule has 1 aromatic heterocycles. The van der Waals surface area contributed by atoms with Gasteiger partial charge in [0.2, 0.25) is 5.91 Å². The van der Waals surface area contributed by atoms with Gasteiger partial charge in [0.05, 0.1) is 31.0 Å². The molecule has 3 saturated carbocycles. The molecule has 15 nitrogen and oxygen atoms in total. The highest BCUT2D eigenvalue weighted by Crippen LogP contribution is 2.64. The Hall–Kier alpha value is -5.55. The van der Waals surface area contributed by atoms with Gasteiger partial charge in [0, 0.05) is 25.7 Å². The Morgan fingerprint density at radius 3 is 2.50 bits per heavy atom. The van der Waals surface area contributed by atoms with E-state index in [1.54, 1.807) is 19.1 Å². The van der Waals surface area contributed by atoms with Crippen LogP contribution in [0.2, 0.25) is 0 Å². The molecule has 5 aliphatic rings. The number of piperazine rings is 1. The van der Waals surface area contributed by atoms with E-state index in [-0.39, 0.29) is 67.2 Å². The van der Waals surface area contributed by atoms with Crippen LogP contribution in [0.15, 0.2) is 60.8 Å². The molecule has 5 fully saturated rings. The van der Waals surface area contributed by atoms with Gasteiger partial charge in [0.1, 0.15) is 29.4 Å². The Kier molecular flexibility index (Phi) is 11.2. The molecule has 3 heterocycles. The summed E-state index contributed by atoms with van der Waals surface area (Å²) < 4.78 is 40.8. The fourth-order valence-corrected chi connectivity index (χ4v) is 8.88. The van der Waals surface area contributed by atoms with Gasteiger partial charge in [-0.05, 0) is 67.6 Å². The first-order valence-corrected chi connectivity index (χ1v) is 19.4. The number of carboxylic acid groups (broad SMARTS) is 1. The lowest BCUT2D eigenvalue weighted by atomic mass is 9.45. The van der Waals surface area contributed by atoms with Crippen LogP contribution in [0.3, 0.4) is 0 Å². The Bertz CT molecular complexity index is 2110. The number of amides is 5. The molecule has 8 rings (SSSR count). The van der Waals surface area contributed by atoms with Crippen molar-refractivity contribution in [1.29, 1.82) is 0 Å². The molecule has 0 radical (unpaired) electrons. The third-order valence-corrected chi connectivity index (χ3v) is 12.3. The highest BCUT2D eigenvalue weighted by Gasteiger charge is 2.67. The highest BCUT2D eigenvalue weighted by atomic mass is 19.1. The molecule has 2 aliphatic heterocycles. The Morgan fingerprint density at radius 2 is 1.83 bits per heavy atom. The van der Waals surface area contributed by atoms with Gasteiger partial charge < -0.3 is 39.4 Å². The lowest BCUT2D eigenvalue weighted by molar-refractivity contribution is -0.185.